The second-order valence-corrected chi connectivity index (χ2v) is 4.46. The van der Waals surface area contributed by atoms with E-state index in [0.717, 1.165) is 6.42 Å². The molecule has 1 heteroatoms. The highest BCUT2D eigenvalue weighted by Crippen LogP contribution is 2.29. The van der Waals surface area contributed by atoms with Gasteiger partial charge in [-0.15, -0.1) is 0 Å². The van der Waals surface area contributed by atoms with Gasteiger partial charge in [-0.2, -0.15) is 5.26 Å². The molecule has 3 rings (SSSR count). The molecule has 0 heterocycles. The molecule has 0 amide bonds. The number of hydrogen-bond donors (Lipinski definition) is 0. The summed E-state index contributed by atoms with van der Waals surface area (Å²) in [7, 11) is 0. The molecule has 3 aromatic rings. The van der Waals surface area contributed by atoms with Gasteiger partial charge in [-0.25, -0.2) is 0 Å². The fraction of sp³-hybridized carbons (Fsp3) is 0.118. The molecule has 0 aliphatic heterocycles. The van der Waals surface area contributed by atoms with Gasteiger partial charge in [0.25, 0.3) is 0 Å². The smallest absolute Gasteiger partial charge is 0.0625 e. The van der Waals surface area contributed by atoms with Crippen LogP contribution in [0.25, 0.3) is 21.5 Å². The fourth-order valence-corrected chi connectivity index (χ4v) is 2.53. The standard InChI is InChI=1S/C17H13N/c18-11-5-7-14-12-13-6-1-2-8-15(13)17-10-4-3-9-16(14)17/h1-4,6,8-10,12H,5,7H2. The summed E-state index contributed by atoms with van der Waals surface area (Å²) in [4.78, 5) is 0. The second-order valence-electron chi connectivity index (χ2n) is 4.46. The van der Waals surface area contributed by atoms with Crippen molar-refractivity contribution in [3.63, 3.8) is 0 Å². The molecule has 0 unspecified atom stereocenters. The molecule has 0 saturated carbocycles. The lowest BCUT2D eigenvalue weighted by atomic mass is 9.95. The molecule has 86 valence electrons. The molecule has 0 aliphatic rings. The van der Waals surface area contributed by atoms with Crippen LogP contribution in [0.5, 0.6) is 0 Å². The van der Waals surface area contributed by atoms with Crippen molar-refractivity contribution in [2.24, 2.45) is 0 Å². The number of benzene rings is 3. The van der Waals surface area contributed by atoms with Crippen molar-refractivity contribution in [3.05, 3.63) is 60.2 Å². The molecule has 0 N–H and O–H groups in total. The molecule has 18 heavy (non-hydrogen) atoms. The molecule has 3 aromatic carbocycles. The molecule has 0 aromatic heterocycles. The number of rotatable bonds is 2. The van der Waals surface area contributed by atoms with Crippen LogP contribution in [0.2, 0.25) is 0 Å². The minimum Gasteiger partial charge on any atom is -0.198 e. The maximum atomic E-state index is 8.76. The van der Waals surface area contributed by atoms with E-state index in [0.29, 0.717) is 6.42 Å². The van der Waals surface area contributed by atoms with Gasteiger partial charge in [0, 0.05) is 6.42 Å². The largest absolute Gasteiger partial charge is 0.198 e. The molecule has 0 bridgehead atoms. The quantitative estimate of drug-likeness (QED) is 0.598. The number of nitrogens with zero attached hydrogens (tertiary/aromatic N) is 1. The van der Waals surface area contributed by atoms with Gasteiger partial charge in [-0.1, -0.05) is 54.6 Å². The van der Waals surface area contributed by atoms with Crippen LogP contribution in [0.4, 0.5) is 0 Å². The van der Waals surface area contributed by atoms with Gasteiger partial charge < -0.3 is 0 Å². The van der Waals surface area contributed by atoms with Crippen molar-refractivity contribution in [3.8, 4) is 6.07 Å². The Labute approximate surface area is 106 Å². The van der Waals surface area contributed by atoms with Gasteiger partial charge in [-0.05, 0) is 33.5 Å². The van der Waals surface area contributed by atoms with E-state index in [2.05, 4.69) is 60.7 Å². The van der Waals surface area contributed by atoms with Gasteiger partial charge >= 0.3 is 0 Å². The normalized spacial score (nSPS) is 10.6. The third-order valence-electron chi connectivity index (χ3n) is 3.36. The van der Waals surface area contributed by atoms with E-state index in [4.69, 9.17) is 5.26 Å². The average molecular weight is 231 g/mol. The summed E-state index contributed by atoms with van der Waals surface area (Å²) in [6.45, 7) is 0. The van der Waals surface area contributed by atoms with E-state index in [9.17, 15) is 0 Å². The summed E-state index contributed by atoms with van der Waals surface area (Å²) in [5, 5.41) is 13.9. The van der Waals surface area contributed by atoms with Crippen LogP contribution in [-0.4, -0.2) is 0 Å². The Morgan fingerprint density at radius 3 is 2.28 bits per heavy atom. The lowest BCUT2D eigenvalue weighted by molar-refractivity contribution is 1.02. The number of aryl methyl sites for hydroxylation is 1. The maximum Gasteiger partial charge on any atom is 0.0625 e. The molecule has 0 atom stereocenters. The molecule has 1 nitrogen and oxygen atoms in total. The maximum absolute atomic E-state index is 8.76. The summed E-state index contributed by atoms with van der Waals surface area (Å²) in [6.07, 6.45) is 1.39. The zero-order valence-corrected chi connectivity index (χ0v) is 10.1. The van der Waals surface area contributed by atoms with Crippen LogP contribution in [0.15, 0.2) is 54.6 Å². The van der Waals surface area contributed by atoms with E-state index >= 15 is 0 Å². The first kappa shape index (κ1) is 10.8. The van der Waals surface area contributed by atoms with Crippen LogP contribution >= 0.6 is 0 Å². The van der Waals surface area contributed by atoms with Gasteiger partial charge in [-0.3, -0.25) is 0 Å². The van der Waals surface area contributed by atoms with Crippen LogP contribution in [0.3, 0.4) is 0 Å². The minimum absolute atomic E-state index is 0.572. The molecular formula is C17H13N. The van der Waals surface area contributed by atoms with Crippen LogP contribution in [-0.2, 0) is 6.42 Å². The number of hydrogen-bond acceptors (Lipinski definition) is 1. The number of nitriles is 1. The first-order valence-corrected chi connectivity index (χ1v) is 6.16. The third-order valence-corrected chi connectivity index (χ3v) is 3.36. The Balaban J connectivity index is 2.36. The Morgan fingerprint density at radius 1 is 0.833 bits per heavy atom. The molecule has 0 fully saturated rings. The summed E-state index contributed by atoms with van der Waals surface area (Å²) in [5.74, 6) is 0. The van der Waals surface area contributed by atoms with E-state index in [1.54, 1.807) is 0 Å². The second kappa shape index (κ2) is 4.50. The molecule has 0 saturated heterocycles. The summed E-state index contributed by atoms with van der Waals surface area (Å²) < 4.78 is 0. The van der Waals surface area contributed by atoms with Crippen molar-refractivity contribution in [1.29, 1.82) is 5.26 Å². The van der Waals surface area contributed by atoms with E-state index in [-0.39, 0.29) is 0 Å². The Bertz CT molecular complexity index is 750. The predicted octanol–water partition coefficient (Wildman–Crippen LogP) is 4.45. The lowest BCUT2D eigenvalue weighted by Crippen LogP contribution is -1.88. The van der Waals surface area contributed by atoms with Gasteiger partial charge in [0.1, 0.15) is 0 Å². The highest BCUT2D eigenvalue weighted by molar-refractivity contribution is 6.08. The highest BCUT2D eigenvalue weighted by atomic mass is 14.2. The number of fused-ring (bicyclic) bond motifs is 3. The van der Waals surface area contributed by atoms with E-state index in [1.165, 1.54) is 27.1 Å². The van der Waals surface area contributed by atoms with Gasteiger partial charge in [0.2, 0.25) is 0 Å². The van der Waals surface area contributed by atoms with Crippen LogP contribution in [0, 0.1) is 11.3 Å². The fourth-order valence-electron chi connectivity index (χ4n) is 2.53. The Hall–Kier alpha value is -2.33. The molecule has 0 aliphatic carbocycles. The zero-order valence-electron chi connectivity index (χ0n) is 10.1. The van der Waals surface area contributed by atoms with E-state index < -0.39 is 0 Å². The van der Waals surface area contributed by atoms with Gasteiger partial charge in [0.05, 0.1) is 6.07 Å². The third kappa shape index (κ3) is 1.72. The average Bonchev–Trinajstić information content (AvgIpc) is 2.45. The highest BCUT2D eigenvalue weighted by Gasteiger charge is 2.05. The van der Waals surface area contributed by atoms with Crippen LogP contribution in [0.1, 0.15) is 12.0 Å². The Morgan fingerprint density at radius 2 is 1.50 bits per heavy atom. The molecular weight excluding hydrogens is 218 g/mol. The monoisotopic (exact) mass is 231 g/mol. The summed E-state index contributed by atoms with van der Waals surface area (Å²) in [6, 6.07) is 21.3. The first-order valence-electron chi connectivity index (χ1n) is 6.16. The molecule has 0 radical (unpaired) electrons. The summed E-state index contributed by atoms with van der Waals surface area (Å²) in [5.41, 5.74) is 1.27. The van der Waals surface area contributed by atoms with Crippen LogP contribution < -0.4 is 0 Å². The first-order chi connectivity index (χ1) is 8.90. The topological polar surface area (TPSA) is 23.8 Å². The molecule has 0 spiro atoms. The van der Waals surface area contributed by atoms with Crippen molar-refractivity contribution in [2.45, 2.75) is 12.8 Å². The van der Waals surface area contributed by atoms with Crippen molar-refractivity contribution < 1.29 is 0 Å². The van der Waals surface area contributed by atoms with Crippen molar-refractivity contribution in [2.75, 3.05) is 0 Å². The van der Waals surface area contributed by atoms with Gasteiger partial charge in [0.15, 0.2) is 0 Å². The Kier molecular flexibility index (Phi) is 2.70. The predicted molar refractivity (Wildman–Crippen MR) is 75.4 cm³/mol. The zero-order chi connectivity index (χ0) is 12.4. The van der Waals surface area contributed by atoms with Crippen molar-refractivity contribution in [1.82, 2.24) is 0 Å². The van der Waals surface area contributed by atoms with E-state index in [1.807, 2.05) is 0 Å². The lowest BCUT2D eigenvalue weighted by Gasteiger charge is -2.09. The summed E-state index contributed by atoms with van der Waals surface area (Å²) >= 11 is 0. The van der Waals surface area contributed by atoms with Crippen molar-refractivity contribution >= 4 is 21.5 Å². The minimum atomic E-state index is 0.572. The SMILES string of the molecule is N#CCCc1cc2ccccc2c2ccccc12.